The molecule has 1 aromatic heterocycles. The summed E-state index contributed by atoms with van der Waals surface area (Å²) in [5.41, 5.74) is 9.62. The Morgan fingerprint density at radius 1 is 1.17 bits per heavy atom. The number of hydrogen-bond donors (Lipinski definition) is 1. The van der Waals surface area contributed by atoms with Crippen LogP contribution in [0, 0.1) is 31.6 Å². The van der Waals surface area contributed by atoms with Gasteiger partial charge in [-0.3, -0.25) is 0 Å². The normalized spacial score (nSPS) is 30.2. The van der Waals surface area contributed by atoms with Crippen molar-refractivity contribution in [2.24, 2.45) is 23.5 Å². The Labute approximate surface area is 110 Å². The molecular weight excluding hydrogens is 222 g/mol. The maximum absolute atomic E-state index is 6.48. The number of hydrogen-bond acceptors (Lipinski definition) is 3. The number of aryl methyl sites for hydroxylation is 2. The van der Waals surface area contributed by atoms with Gasteiger partial charge in [0.1, 0.15) is 0 Å². The standard InChI is InChI=1S/C15H25N3/c1-9-5-6-13(7-10(9)2)15(16)14-8-11(3)17-18-12(14)4/h8-10,13,15H,5-7,16H2,1-4H3. The van der Waals surface area contributed by atoms with Crippen molar-refractivity contribution in [3.63, 3.8) is 0 Å². The number of nitrogens with zero attached hydrogens (tertiary/aromatic N) is 2. The summed E-state index contributed by atoms with van der Waals surface area (Å²) in [6, 6.07) is 2.23. The van der Waals surface area contributed by atoms with Gasteiger partial charge < -0.3 is 5.73 Å². The first kappa shape index (κ1) is 13.5. The van der Waals surface area contributed by atoms with E-state index in [1.165, 1.54) is 24.8 Å². The highest BCUT2D eigenvalue weighted by atomic mass is 15.1. The molecular formula is C15H25N3. The lowest BCUT2D eigenvalue weighted by Crippen LogP contribution is -2.30. The zero-order chi connectivity index (χ0) is 13.3. The summed E-state index contributed by atoms with van der Waals surface area (Å²) in [7, 11) is 0. The molecule has 0 saturated heterocycles. The van der Waals surface area contributed by atoms with Crippen LogP contribution in [-0.4, -0.2) is 10.2 Å². The van der Waals surface area contributed by atoms with Gasteiger partial charge in [-0.1, -0.05) is 20.3 Å². The van der Waals surface area contributed by atoms with Crippen molar-refractivity contribution in [1.82, 2.24) is 10.2 Å². The predicted molar refractivity (Wildman–Crippen MR) is 74.1 cm³/mol. The van der Waals surface area contributed by atoms with Gasteiger partial charge >= 0.3 is 0 Å². The topological polar surface area (TPSA) is 51.8 Å². The van der Waals surface area contributed by atoms with Crippen molar-refractivity contribution in [3.8, 4) is 0 Å². The van der Waals surface area contributed by atoms with Crippen LogP contribution in [0.5, 0.6) is 0 Å². The van der Waals surface area contributed by atoms with Crippen molar-refractivity contribution in [1.29, 1.82) is 0 Å². The predicted octanol–water partition coefficient (Wildman–Crippen LogP) is 3.17. The molecule has 1 saturated carbocycles. The van der Waals surface area contributed by atoms with Gasteiger partial charge in [0.2, 0.25) is 0 Å². The Balaban J connectivity index is 2.16. The fourth-order valence-electron chi connectivity index (χ4n) is 3.08. The highest BCUT2D eigenvalue weighted by Gasteiger charge is 2.30. The van der Waals surface area contributed by atoms with Gasteiger partial charge in [0, 0.05) is 6.04 Å². The highest BCUT2D eigenvalue weighted by Crippen LogP contribution is 2.39. The third kappa shape index (κ3) is 2.72. The van der Waals surface area contributed by atoms with Crippen molar-refractivity contribution in [2.75, 3.05) is 0 Å². The minimum atomic E-state index is 0.120. The molecule has 2 rings (SSSR count). The molecule has 1 heterocycles. The van der Waals surface area contributed by atoms with Crippen molar-refractivity contribution in [3.05, 3.63) is 23.0 Å². The Bertz CT molecular complexity index is 416. The van der Waals surface area contributed by atoms with E-state index in [2.05, 4.69) is 30.1 Å². The molecule has 0 amide bonds. The first-order chi connectivity index (χ1) is 8.49. The van der Waals surface area contributed by atoms with Gasteiger partial charge in [-0.25, -0.2) is 0 Å². The zero-order valence-electron chi connectivity index (χ0n) is 12.0. The summed E-state index contributed by atoms with van der Waals surface area (Å²) in [5.74, 6) is 2.22. The molecule has 0 aliphatic heterocycles. The molecule has 1 fully saturated rings. The van der Waals surface area contributed by atoms with E-state index in [1.807, 2.05) is 13.8 Å². The first-order valence-electron chi connectivity index (χ1n) is 7.05. The third-order valence-corrected chi connectivity index (χ3v) is 4.65. The van der Waals surface area contributed by atoms with Gasteiger partial charge in [-0.05, 0) is 56.1 Å². The molecule has 3 nitrogen and oxygen atoms in total. The molecule has 18 heavy (non-hydrogen) atoms. The lowest BCUT2D eigenvalue weighted by atomic mass is 9.72. The van der Waals surface area contributed by atoms with Crippen LogP contribution in [0.4, 0.5) is 0 Å². The van der Waals surface area contributed by atoms with Crippen molar-refractivity contribution < 1.29 is 0 Å². The quantitative estimate of drug-likeness (QED) is 0.873. The van der Waals surface area contributed by atoms with E-state index in [9.17, 15) is 0 Å². The van der Waals surface area contributed by atoms with Gasteiger partial charge in [0.25, 0.3) is 0 Å². The average Bonchev–Trinajstić information content (AvgIpc) is 2.35. The molecule has 1 aliphatic rings. The number of nitrogens with two attached hydrogens (primary N) is 1. The van der Waals surface area contributed by atoms with E-state index in [-0.39, 0.29) is 6.04 Å². The largest absolute Gasteiger partial charge is 0.324 e. The Morgan fingerprint density at radius 3 is 2.56 bits per heavy atom. The summed E-state index contributed by atoms with van der Waals surface area (Å²) in [5, 5.41) is 8.29. The van der Waals surface area contributed by atoms with E-state index in [1.54, 1.807) is 0 Å². The van der Waals surface area contributed by atoms with Crippen LogP contribution in [0.25, 0.3) is 0 Å². The van der Waals surface area contributed by atoms with Gasteiger partial charge in [-0.15, -0.1) is 0 Å². The second-order valence-corrected chi connectivity index (χ2v) is 6.08. The minimum Gasteiger partial charge on any atom is -0.324 e. The summed E-state index contributed by atoms with van der Waals surface area (Å²) >= 11 is 0. The lowest BCUT2D eigenvalue weighted by Gasteiger charge is -2.35. The Kier molecular flexibility index (Phi) is 4.00. The molecule has 0 radical (unpaired) electrons. The van der Waals surface area contributed by atoms with E-state index in [4.69, 9.17) is 5.73 Å². The van der Waals surface area contributed by atoms with Crippen LogP contribution in [-0.2, 0) is 0 Å². The molecule has 4 atom stereocenters. The Hall–Kier alpha value is -0.960. The molecule has 0 spiro atoms. The maximum Gasteiger partial charge on any atom is 0.0648 e. The van der Waals surface area contributed by atoms with Crippen molar-refractivity contribution >= 4 is 0 Å². The summed E-state index contributed by atoms with van der Waals surface area (Å²) in [6.45, 7) is 8.70. The van der Waals surface area contributed by atoms with Gasteiger partial charge in [-0.2, -0.15) is 10.2 Å². The fraction of sp³-hybridized carbons (Fsp3) is 0.733. The van der Waals surface area contributed by atoms with E-state index < -0.39 is 0 Å². The lowest BCUT2D eigenvalue weighted by molar-refractivity contribution is 0.185. The van der Waals surface area contributed by atoms with Gasteiger partial charge in [0.05, 0.1) is 11.4 Å². The highest BCUT2D eigenvalue weighted by molar-refractivity contribution is 5.24. The molecule has 3 heteroatoms. The number of rotatable bonds is 2. The van der Waals surface area contributed by atoms with Crippen LogP contribution in [0.1, 0.15) is 56.1 Å². The molecule has 2 N–H and O–H groups in total. The van der Waals surface area contributed by atoms with E-state index in [0.717, 1.165) is 23.2 Å². The van der Waals surface area contributed by atoms with Gasteiger partial charge in [0.15, 0.2) is 0 Å². The molecule has 100 valence electrons. The zero-order valence-corrected chi connectivity index (χ0v) is 12.0. The smallest absolute Gasteiger partial charge is 0.0648 e. The van der Waals surface area contributed by atoms with E-state index >= 15 is 0 Å². The molecule has 0 aromatic carbocycles. The maximum atomic E-state index is 6.48. The number of aromatic nitrogens is 2. The average molecular weight is 247 g/mol. The first-order valence-corrected chi connectivity index (χ1v) is 7.05. The molecule has 0 bridgehead atoms. The van der Waals surface area contributed by atoms with Crippen LogP contribution in [0.3, 0.4) is 0 Å². The van der Waals surface area contributed by atoms with Crippen LogP contribution >= 0.6 is 0 Å². The van der Waals surface area contributed by atoms with E-state index in [0.29, 0.717) is 5.92 Å². The van der Waals surface area contributed by atoms with Crippen LogP contribution in [0.15, 0.2) is 6.07 Å². The van der Waals surface area contributed by atoms with Crippen LogP contribution < -0.4 is 5.73 Å². The summed E-state index contributed by atoms with van der Waals surface area (Å²) < 4.78 is 0. The third-order valence-electron chi connectivity index (χ3n) is 4.65. The second kappa shape index (κ2) is 5.35. The van der Waals surface area contributed by atoms with Crippen LogP contribution in [0.2, 0.25) is 0 Å². The second-order valence-electron chi connectivity index (χ2n) is 6.08. The van der Waals surface area contributed by atoms with Crippen molar-refractivity contribution in [2.45, 2.75) is 53.0 Å². The Morgan fingerprint density at radius 2 is 1.89 bits per heavy atom. The minimum absolute atomic E-state index is 0.120. The molecule has 1 aliphatic carbocycles. The SMILES string of the molecule is Cc1cc(C(N)C2CCC(C)C(C)C2)c(C)nn1. The fourth-order valence-corrected chi connectivity index (χ4v) is 3.08. The molecule has 1 aromatic rings. The summed E-state index contributed by atoms with van der Waals surface area (Å²) in [6.07, 6.45) is 3.78. The summed E-state index contributed by atoms with van der Waals surface area (Å²) in [4.78, 5) is 0. The monoisotopic (exact) mass is 247 g/mol. The molecule has 4 unspecified atom stereocenters.